The van der Waals surface area contributed by atoms with E-state index in [0.29, 0.717) is 33.0 Å². The number of unbranched alkanes of at least 4 members (excludes halogenated alkanes) is 15. The molecule has 5 heteroatoms. The average Bonchev–Trinajstić information content (AvgIpc) is 3.25. The average molecular weight is 775 g/mol. The van der Waals surface area contributed by atoms with Crippen LogP contribution in [0.2, 0.25) is 0 Å². The lowest BCUT2D eigenvalue weighted by Crippen LogP contribution is -2.08. The fourth-order valence-corrected chi connectivity index (χ4v) is 6.77. The first-order valence-corrected chi connectivity index (χ1v) is 22.2. The van der Waals surface area contributed by atoms with E-state index in [1.807, 2.05) is 48.5 Å². The summed E-state index contributed by atoms with van der Waals surface area (Å²) in [6, 6.07) is 28.5. The molecule has 0 saturated carbocycles. The van der Waals surface area contributed by atoms with Crippen LogP contribution in [-0.2, 0) is 13.2 Å². The first-order chi connectivity index (χ1) is 28.1. The quantitative estimate of drug-likeness (QED) is 0.0376. The molecule has 57 heavy (non-hydrogen) atoms. The van der Waals surface area contributed by atoms with Gasteiger partial charge in [0.05, 0.1) is 19.8 Å². The van der Waals surface area contributed by atoms with Crippen molar-refractivity contribution in [3.05, 3.63) is 102 Å². The Bertz CT molecular complexity index is 1630. The Kier molecular flexibility index (Phi) is 22.1. The topological polar surface area (TPSA) is 46.2 Å². The van der Waals surface area contributed by atoms with Crippen molar-refractivity contribution in [3.63, 3.8) is 0 Å². The summed E-state index contributed by atoms with van der Waals surface area (Å²) >= 11 is 0. The molecule has 0 aromatic heterocycles. The summed E-state index contributed by atoms with van der Waals surface area (Å²) in [6.45, 7) is 9.65. The van der Waals surface area contributed by atoms with Gasteiger partial charge in [0.2, 0.25) is 5.75 Å². The minimum Gasteiger partial charge on any atom is -0.490 e. The van der Waals surface area contributed by atoms with Gasteiger partial charge in [-0.2, -0.15) is 0 Å². The Hall–Kier alpha value is -4.56. The van der Waals surface area contributed by atoms with Gasteiger partial charge in [-0.1, -0.05) is 159 Å². The van der Waals surface area contributed by atoms with Crippen molar-refractivity contribution in [1.29, 1.82) is 0 Å². The van der Waals surface area contributed by atoms with E-state index in [0.717, 1.165) is 75.8 Å². The molecule has 0 fully saturated rings. The van der Waals surface area contributed by atoms with Crippen LogP contribution in [0.3, 0.4) is 0 Å². The molecule has 0 bridgehead atoms. The molecule has 0 radical (unpaired) electrons. The van der Waals surface area contributed by atoms with Crippen molar-refractivity contribution >= 4 is 0 Å². The Morgan fingerprint density at radius 3 is 1.21 bits per heavy atom. The van der Waals surface area contributed by atoms with Crippen LogP contribution in [0.15, 0.2) is 84.9 Å². The molecule has 4 rings (SSSR count). The predicted molar refractivity (Wildman–Crippen MR) is 238 cm³/mol. The summed E-state index contributed by atoms with van der Waals surface area (Å²) < 4.78 is 31.9. The van der Waals surface area contributed by atoms with Crippen LogP contribution in [0.4, 0.5) is 0 Å². The molecule has 0 N–H and O–H groups in total. The lowest BCUT2D eigenvalue weighted by Gasteiger charge is -2.19. The number of hydrogen-bond donors (Lipinski definition) is 0. The second-order valence-electron chi connectivity index (χ2n) is 15.2. The number of hydrogen-bond acceptors (Lipinski definition) is 5. The molecule has 5 nitrogen and oxygen atoms in total. The van der Waals surface area contributed by atoms with E-state index in [2.05, 4.69) is 63.1 Å². The standard InChI is InChI=1S/C52H70O5/c1-5-9-12-15-18-21-36-53-50-39-45(40-51(54-37-22-19-16-13-10-6-2)52(50)55-38-23-20-17-14-11-7-3)42-57-49-34-30-47(31-35-49)46-28-32-48(33-29-46)56-41-44-26-24-43(8-4)25-27-44/h4,24-35,39-40H,5-7,9-23,36-38,41-42H2,1-3H3. The van der Waals surface area contributed by atoms with E-state index in [9.17, 15) is 0 Å². The second kappa shape index (κ2) is 27.9. The molecule has 0 aliphatic rings. The fourth-order valence-electron chi connectivity index (χ4n) is 6.77. The van der Waals surface area contributed by atoms with Crippen LogP contribution in [-0.4, -0.2) is 19.8 Å². The zero-order chi connectivity index (χ0) is 40.2. The Morgan fingerprint density at radius 2 is 0.789 bits per heavy atom. The van der Waals surface area contributed by atoms with Gasteiger partial charge in [0.1, 0.15) is 24.7 Å². The Morgan fingerprint density at radius 1 is 0.404 bits per heavy atom. The van der Waals surface area contributed by atoms with Gasteiger partial charge in [0, 0.05) is 5.56 Å². The Labute approximate surface area is 345 Å². The summed E-state index contributed by atoms with van der Waals surface area (Å²) in [5, 5.41) is 0. The second-order valence-corrected chi connectivity index (χ2v) is 15.2. The molecule has 4 aromatic carbocycles. The van der Waals surface area contributed by atoms with Crippen molar-refractivity contribution in [2.75, 3.05) is 19.8 Å². The van der Waals surface area contributed by atoms with Gasteiger partial charge in [-0.25, -0.2) is 0 Å². The van der Waals surface area contributed by atoms with Crippen LogP contribution < -0.4 is 23.7 Å². The molecule has 0 aliphatic carbocycles. The summed E-state index contributed by atoms with van der Waals surface area (Å²) in [5.41, 5.74) is 5.18. The van der Waals surface area contributed by atoms with Crippen LogP contribution in [0.5, 0.6) is 28.7 Å². The van der Waals surface area contributed by atoms with Crippen LogP contribution in [0.1, 0.15) is 153 Å². The van der Waals surface area contributed by atoms with Crippen LogP contribution >= 0.6 is 0 Å². The number of benzene rings is 4. The lowest BCUT2D eigenvalue weighted by molar-refractivity contribution is 0.232. The first kappa shape index (κ1) is 45.1. The predicted octanol–water partition coefficient (Wildman–Crippen LogP) is 14.7. The summed E-state index contributed by atoms with van der Waals surface area (Å²) in [5.74, 6) is 6.54. The minimum absolute atomic E-state index is 0.398. The molecule has 0 spiro atoms. The van der Waals surface area contributed by atoms with Crippen molar-refractivity contribution in [2.45, 2.75) is 150 Å². The molecule has 0 amide bonds. The molecule has 0 heterocycles. The monoisotopic (exact) mass is 775 g/mol. The number of terminal acetylenes is 1. The van der Waals surface area contributed by atoms with E-state index < -0.39 is 0 Å². The number of rotatable bonds is 31. The molecule has 4 aromatic rings. The summed E-state index contributed by atoms with van der Waals surface area (Å²) in [7, 11) is 0. The Balaban J connectivity index is 1.40. The third kappa shape index (κ3) is 17.6. The van der Waals surface area contributed by atoms with Crippen LogP contribution in [0.25, 0.3) is 11.1 Å². The normalized spacial score (nSPS) is 10.9. The highest BCUT2D eigenvalue weighted by Crippen LogP contribution is 2.40. The fraction of sp³-hybridized carbons (Fsp3) is 0.500. The van der Waals surface area contributed by atoms with Gasteiger partial charge in [0.25, 0.3) is 0 Å². The summed E-state index contributed by atoms with van der Waals surface area (Å²) in [4.78, 5) is 0. The van der Waals surface area contributed by atoms with Crippen molar-refractivity contribution in [3.8, 4) is 52.2 Å². The van der Waals surface area contributed by atoms with Crippen molar-refractivity contribution in [1.82, 2.24) is 0 Å². The molecule has 0 unspecified atom stereocenters. The highest BCUT2D eigenvalue weighted by atomic mass is 16.5. The van der Waals surface area contributed by atoms with Gasteiger partial charge < -0.3 is 23.7 Å². The maximum absolute atomic E-state index is 6.51. The summed E-state index contributed by atoms with van der Waals surface area (Å²) in [6.07, 6.45) is 27.4. The molecular formula is C52H70O5. The van der Waals surface area contributed by atoms with Gasteiger partial charge in [0.15, 0.2) is 11.5 Å². The van der Waals surface area contributed by atoms with Crippen molar-refractivity contribution < 1.29 is 23.7 Å². The van der Waals surface area contributed by atoms with Crippen LogP contribution in [0, 0.1) is 12.3 Å². The SMILES string of the molecule is C#Cc1ccc(COc2ccc(-c3ccc(OCc4cc(OCCCCCCCC)c(OCCCCCCCC)c(OCCCCCCCC)c4)cc3)cc2)cc1. The molecule has 0 aliphatic heterocycles. The van der Waals surface area contributed by atoms with E-state index in [-0.39, 0.29) is 0 Å². The van der Waals surface area contributed by atoms with Gasteiger partial charge in [-0.15, -0.1) is 6.42 Å². The van der Waals surface area contributed by atoms with Crippen molar-refractivity contribution in [2.24, 2.45) is 0 Å². The molecule has 0 saturated heterocycles. The highest BCUT2D eigenvalue weighted by molar-refractivity contribution is 5.65. The van der Waals surface area contributed by atoms with E-state index in [1.54, 1.807) is 0 Å². The largest absolute Gasteiger partial charge is 0.490 e. The number of ether oxygens (including phenoxy) is 5. The van der Waals surface area contributed by atoms with E-state index in [1.165, 1.54) is 96.3 Å². The third-order valence-corrected chi connectivity index (χ3v) is 10.3. The van der Waals surface area contributed by atoms with Gasteiger partial charge >= 0.3 is 0 Å². The third-order valence-electron chi connectivity index (χ3n) is 10.3. The minimum atomic E-state index is 0.398. The highest BCUT2D eigenvalue weighted by Gasteiger charge is 2.17. The molecular weight excluding hydrogens is 705 g/mol. The first-order valence-electron chi connectivity index (χ1n) is 22.2. The van der Waals surface area contributed by atoms with E-state index in [4.69, 9.17) is 30.1 Å². The van der Waals surface area contributed by atoms with E-state index >= 15 is 0 Å². The molecule has 308 valence electrons. The zero-order valence-electron chi connectivity index (χ0n) is 35.5. The maximum Gasteiger partial charge on any atom is 0.203 e. The smallest absolute Gasteiger partial charge is 0.203 e. The zero-order valence-corrected chi connectivity index (χ0v) is 35.5. The van der Waals surface area contributed by atoms with Gasteiger partial charge in [-0.05, 0) is 90.0 Å². The lowest BCUT2D eigenvalue weighted by atomic mass is 10.1. The maximum atomic E-state index is 6.51. The van der Waals surface area contributed by atoms with Gasteiger partial charge in [-0.3, -0.25) is 0 Å². The molecule has 0 atom stereocenters.